The predicted octanol–water partition coefficient (Wildman–Crippen LogP) is 2.12. The third-order valence-electron chi connectivity index (χ3n) is 3.68. The van der Waals surface area contributed by atoms with Crippen LogP contribution in [0.2, 0.25) is 0 Å². The summed E-state index contributed by atoms with van der Waals surface area (Å²) in [4.78, 5) is 0. The van der Waals surface area contributed by atoms with E-state index in [1.54, 1.807) is 0 Å². The van der Waals surface area contributed by atoms with Gasteiger partial charge in [0.25, 0.3) is 0 Å². The summed E-state index contributed by atoms with van der Waals surface area (Å²) in [7, 11) is 0. The van der Waals surface area contributed by atoms with Crippen molar-refractivity contribution in [1.82, 2.24) is 5.32 Å². The highest BCUT2D eigenvalue weighted by Gasteiger charge is 2.20. The maximum atomic E-state index is 9.84. The average molecular weight is 285 g/mol. The molecule has 1 saturated carbocycles. The first-order valence-corrected chi connectivity index (χ1v) is 7.91. The smallest absolute Gasteiger partial charge is 0.0897 e. The minimum atomic E-state index is -0.430. The minimum Gasteiger partial charge on any atom is -0.389 e. The number of nitrogens with one attached hydrogen (secondary N) is 1. The molecule has 0 saturated heterocycles. The van der Waals surface area contributed by atoms with Crippen LogP contribution < -0.4 is 5.32 Å². The number of rotatable bonds is 11. The lowest BCUT2D eigenvalue weighted by Crippen LogP contribution is -2.34. The predicted molar refractivity (Wildman–Crippen MR) is 81.9 cm³/mol. The van der Waals surface area contributed by atoms with Crippen LogP contribution in [0.1, 0.15) is 39.0 Å². The van der Waals surface area contributed by atoms with Gasteiger partial charge in [-0.2, -0.15) is 0 Å². The van der Waals surface area contributed by atoms with Crippen molar-refractivity contribution in [2.45, 2.75) is 51.2 Å². The van der Waals surface area contributed by atoms with Gasteiger partial charge in [-0.1, -0.05) is 25.8 Å². The Labute approximate surface area is 123 Å². The highest BCUT2D eigenvalue weighted by atomic mass is 16.5. The molecule has 118 valence electrons. The number of hydrogen-bond acceptors (Lipinski definition) is 4. The molecule has 0 spiro atoms. The Bertz CT molecular complexity index is 248. The number of aliphatic hydroxyl groups excluding tert-OH is 1. The van der Waals surface area contributed by atoms with Crippen molar-refractivity contribution in [2.24, 2.45) is 5.92 Å². The van der Waals surface area contributed by atoms with Gasteiger partial charge in [-0.15, -0.1) is 6.58 Å². The summed E-state index contributed by atoms with van der Waals surface area (Å²) in [6, 6.07) is 0. The van der Waals surface area contributed by atoms with E-state index in [-0.39, 0.29) is 0 Å². The fourth-order valence-corrected chi connectivity index (χ4v) is 2.52. The minimum absolute atomic E-state index is 0.343. The zero-order valence-corrected chi connectivity index (χ0v) is 12.9. The lowest BCUT2D eigenvalue weighted by Gasteiger charge is -2.27. The Hall–Kier alpha value is -0.420. The van der Waals surface area contributed by atoms with Crippen LogP contribution in [0, 0.1) is 5.92 Å². The van der Waals surface area contributed by atoms with Gasteiger partial charge in [-0.3, -0.25) is 0 Å². The van der Waals surface area contributed by atoms with E-state index in [1.807, 2.05) is 6.08 Å². The first-order valence-electron chi connectivity index (χ1n) is 7.91. The molecule has 3 unspecified atom stereocenters. The van der Waals surface area contributed by atoms with Crippen LogP contribution in [0.3, 0.4) is 0 Å². The van der Waals surface area contributed by atoms with E-state index < -0.39 is 6.10 Å². The van der Waals surface area contributed by atoms with Crippen LogP contribution in [-0.2, 0) is 9.47 Å². The summed E-state index contributed by atoms with van der Waals surface area (Å²) < 4.78 is 11.2. The van der Waals surface area contributed by atoms with Crippen LogP contribution >= 0.6 is 0 Å². The molecule has 0 amide bonds. The summed E-state index contributed by atoms with van der Waals surface area (Å²) in [6.45, 7) is 9.06. The van der Waals surface area contributed by atoms with Crippen LogP contribution in [0.25, 0.3) is 0 Å². The number of hydrogen-bond donors (Lipinski definition) is 2. The molecule has 1 aliphatic carbocycles. The Balaban J connectivity index is 1.92. The SMILES string of the molecule is C=CCCOCCNCC(O)COC1CCCC(C)C1. The zero-order chi connectivity index (χ0) is 14.6. The van der Waals surface area contributed by atoms with E-state index in [9.17, 15) is 5.11 Å². The second kappa shape index (κ2) is 11.3. The highest BCUT2D eigenvalue weighted by molar-refractivity contribution is 4.71. The molecule has 0 aliphatic heterocycles. The van der Waals surface area contributed by atoms with Gasteiger partial charge in [0.15, 0.2) is 0 Å². The zero-order valence-electron chi connectivity index (χ0n) is 12.9. The van der Waals surface area contributed by atoms with E-state index in [0.29, 0.717) is 25.9 Å². The van der Waals surface area contributed by atoms with Gasteiger partial charge < -0.3 is 19.9 Å². The maximum absolute atomic E-state index is 9.84. The van der Waals surface area contributed by atoms with Crippen LogP contribution in [-0.4, -0.2) is 50.2 Å². The fraction of sp³-hybridized carbons (Fsp3) is 0.875. The van der Waals surface area contributed by atoms with E-state index in [4.69, 9.17) is 9.47 Å². The summed E-state index contributed by atoms with van der Waals surface area (Å²) in [5.41, 5.74) is 0. The van der Waals surface area contributed by atoms with Gasteiger partial charge in [-0.05, 0) is 25.2 Å². The maximum Gasteiger partial charge on any atom is 0.0897 e. The monoisotopic (exact) mass is 285 g/mol. The molecule has 0 aromatic carbocycles. The van der Waals surface area contributed by atoms with Crippen LogP contribution in [0.5, 0.6) is 0 Å². The molecule has 2 N–H and O–H groups in total. The molecule has 0 bridgehead atoms. The van der Waals surface area contributed by atoms with Crippen molar-refractivity contribution in [1.29, 1.82) is 0 Å². The van der Waals surface area contributed by atoms with Gasteiger partial charge in [-0.25, -0.2) is 0 Å². The van der Waals surface area contributed by atoms with E-state index in [1.165, 1.54) is 12.8 Å². The Morgan fingerprint density at radius 3 is 3.00 bits per heavy atom. The lowest BCUT2D eigenvalue weighted by molar-refractivity contribution is -0.0308. The second-order valence-corrected chi connectivity index (χ2v) is 5.77. The highest BCUT2D eigenvalue weighted by Crippen LogP contribution is 2.25. The topological polar surface area (TPSA) is 50.7 Å². The second-order valence-electron chi connectivity index (χ2n) is 5.77. The fourth-order valence-electron chi connectivity index (χ4n) is 2.52. The summed E-state index contributed by atoms with van der Waals surface area (Å²) in [5, 5.41) is 13.0. The Morgan fingerprint density at radius 1 is 1.40 bits per heavy atom. The molecule has 0 heterocycles. The first kappa shape index (κ1) is 17.6. The standard InChI is InChI=1S/C16H31NO3/c1-3-4-9-19-10-8-17-12-15(18)13-20-16-7-5-6-14(2)11-16/h3,14-18H,1,4-13H2,2H3. The Morgan fingerprint density at radius 2 is 2.25 bits per heavy atom. The quantitative estimate of drug-likeness (QED) is 0.451. The van der Waals surface area contributed by atoms with Crippen molar-refractivity contribution in [3.8, 4) is 0 Å². The summed E-state index contributed by atoms with van der Waals surface area (Å²) >= 11 is 0. The molecular weight excluding hydrogens is 254 g/mol. The third-order valence-corrected chi connectivity index (χ3v) is 3.68. The molecule has 1 rings (SSSR count). The van der Waals surface area contributed by atoms with E-state index in [0.717, 1.165) is 38.3 Å². The molecule has 20 heavy (non-hydrogen) atoms. The average Bonchev–Trinajstić information content (AvgIpc) is 2.44. The Kier molecular flexibility index (Phi) is 9.93. The van der Waals surface area contributed by atoms with Gasteiger partial charge in [0, 0.05) is 13.1 Å². The number of ether oxygens (including phenoxy) is 2. The van der Waals surface area contributed by atoms with Crippen molar-refractivity contribution in [3.63, 3.8) is 0 Å². The molecule has 3 atom stereocenters. The van der Waals surface area contributed by atoms with Crippen molar-refractivity contribution in [2.75, 3.05) is 32.9 Å². The summed E-state index contributed by atoms with van der Waals surface area (Å²) in [5.74, 6) is 0.761. The molecule has 1 fully saturated rings. The normalized spacial score (nSPS) is 24.5. The molecule has 0 aromatic rings. The first-order chi connectivity index (χ1) is 9.72. The summed E-state index contributed by atoms with van der Waals surface area (Å²) in [6.07, 6.45) is 7.49. The van der Waals surface area contributed by atoms with Crippen molar-refractivity contribution < 1.29 is 14.6 Å². The molecule has 4 heteroatoms. The van der Waals surface area contributed by atoms with Gasteiger partial charge >= 0.3 is 0 Å². The van der Waals surface area contributed by atoms with Gasteiger partial charge in [0.2, 0.25) is 0 Å². The molecule has 4 nitrogen and oxygen atoms in total. The van der Waals surface area contributed by atoms with Crippen LogP contribution in [0.15, 0.2) is 12.7 Å². The van der Waals surface area contributed by atoms with E-state index >= 15 is 0 Å². The molecule has 1 aliphatic rings. The largest absolute Gasteiger partial charge is 0.389 e. The molecule has 0 aromatic heterocycles. The van der Waals surface area contributed by atoms with Gasteiger partial charge in [0.1, 0.15) is 0 Å². The lowest BCUT2D eigenvalue weighted by atomic mass is 9.89. The third kappa shape index (κ3) is 8.69. The molecular formula is C16H31NO3. The number of aliphatic hydroxyl groups is 1. The van der Waals surface area contributed by atoms with Crippen molar-refractivity contribution in [3.05, 3.63) is 12.7 Å². The van der Waals surface area contributed by atoms with Crippen LogP contribution in [0.4, 0.5) is 0 Å². The van der Waals surface area contributed by atoms with Crippen molar-refractivity contribution >= 4 is 0 Å². The van der Waals surface area contributed by atoms with Gasteiger partial charge in [0.05, 0.1) is 32.0 Å². The van der Waals surface area contributed by atoms with E-state index in [2.05, 4.69) is 18.8 Å². The molecule has 0 radical (unpaired) electrons.